The molecule has 0 saturated carbocycles. The smallest absolute Gasteiger partial charge is 0.226 e. The summed E-state index contributed by atoms with van der Waals surface area (Å²) in [5, 5.41) is 2.90. The molecule has 2 aromatic rings. The molecule has 2 heterocycles. The Bertz CT molecular complexity index is 612. The van der Waals surface area contributed by atoms with Gasteiger partial charge < -0.3 is 9.64 Å². The summed E-state index contributed by atoms with van der Waals surface area (Å²) < 4.78 is 5.73. The highest BCUT2D eigenvalue weighted by Crippen LogP contribution is 2.27. The predicted octanol–water partition coefficient (Wildman–Crippen LogP) is 2.74. The van der Waals surface area contributed by atoms with Gasteiger partial charge in [-0.05, 0) is 24.5 Å². The predicted molar refractivity (Wildman–Crippen MR) is 82.3 cm³/mol. The Morgan fingerprint density at radius 1 is 1.48 bits per heavy atom. The molecule has 21 heavy (non-hydrogen) atoms. The van der Waals surface area contributed by atoms with Crippen LogP contribution in [-0.4, -0.2) is 29.4 Å². The molecule has 110 valence electrons. The van der Waals surface area contributed by atoms with Crippen LogP contribution in [0.3, 0.4) is 0 Å². The van der Waals surface area contributed by atoms with Gasteiger partial charge in [0, 0.05) is 24.5 Å². The Kier molecular flexibility index (Phi) is 4.20. The van der Waals surface area contributed by atoms with E-state index in [1.165, 1.54) is 0 Å². The molecule has 3 rings (SSSR count). The van der Waals surface area contributed by atoms with E-state index < -0.39 is 0 Å². The van der Waals surface area contributed by atoms with E-state index in [0.717, 1.165) is 29.2 Å². The number of hydrogen-bond donors (Lipinski definition) is 0. The fourth-order valence-electron chi connectivity index (χ4n) is 2.63. The van der Waals surface area contributed by atoms with Gasteiger partial charge in [-0.25, -0.2) is 4.98 Å². The third-order valence-electron chi connectivity index (χ3n) is 3.74. The Labute approximate surface area is 128 Å². The second-order valence-corrected chi connectivity index (χ2v) is 6.25. The highest BCUT2D eigenvalue weighted by Gasteiger charge is 2.26. The first kappa shape index (κ1) is 14.1. The zero-order valence-corrected chi connectivity index (χ0v) is 12.8. The molecule has 0 bridgehead atoms. The van der Waals surface area contributed by atoms with Gasteiger partial charge >= 0.3 is 0 Å². The van der Waals surface area contributed by atoms with Crippen molar-refractivity contribution in [2.24, 2.45) is 5.92 Å². The summed E-state index contributed by atoms with van der Waals surface area (Å²) in [7, 11) is 1.85. The van der Waals surface area contributed by atoms with Crippen LogP contribution in [0.4, 0.5) is 0 Å². The van der Waals surface area contributed by atoms with E-state index in [1.807, 2.05) is 36.7 Å². The largest absolute Gasteiger partial charge is 0.493 e. The van der Waals surface area contributed by atoms with E-state index in [2.05, 4.69) is 4.98 Å². The number of carbonyl (C=O) groups excluding carboxylic acids is 1. The minimum atomic E-state index is -0.0152. The van der Waals surface area contributed by atoms with Crippen molar-refractivity contribution < 1.29 is 9.53 Å². The highest BCUT2D eigenvalue weighted by molar-refractivity contribution is 7.09. The average molecular weight is 302 g/mol. The van der Waals surface area contributed by atoms with Crippen molar-refractivity contribution in [2.75, 3.05) is 13.7 Å². The molecule has 5 heteroatoms. The van der Waals surface area contributed by atoms with Crippen molar-refractivity contribution in [3.63, 3.8) is 0 Å². The second kappa shape index (κ2) is 6.26. The highest BCUT2D eigenvalue weighted by atomic mass is 32.1. The molecule has 1 aliphatic heterocycles. The van der Waals surface area contributed by atoms with E-state index in [4.69, 9.17) is 4.74 Å². The fraction of sp³-hybridized carbons (Fsp3) is 0.375. The molecule has 0 fully saturated rings. The van der Waals surface area contributed by atoms with E-state index in [-0.39, 0.29) is 11.8 Å². The van der Waals surface area contributed by atoms with Crippen molar-refractivity contribution in [1.29, 1.82) is 0 Å². The number of amides is 1. The van der Waals surface area contributed by atoms with E-state index in [1.54, 1.807) is 22.4 Å². The lowest BCUT2D eigenvalue weighted by atomic mass is 9.95. The maximum Gasteiger partial charge on any atom is 0.226 e. The van der Waals surface area contributed by atoms with Crippen molar-refractivity contribution >= 4 is 17.2 Å². The van der Waals surface area contributed by atoms with Crippen LogP contribution in [0.2, 0.25) is 0 Å². The molecule has 0 N–H and O–H groups in total. The van der Waals surface area contributed by atoms with Crippen LogP contribution in [0, 0.1) is 5.92 Å². The molecule has 0 saturated heterocycles. The molecule has 1 atom stereocenters. The van der Waals surface area contributed by atoms with E-state index in [0.29, 0.717) is 13.2 Å². The lowest BCUT2D eigenvalue weighted by molar-refractivity contribution is -0.135. The van der Waals surface area contributed by atoms with Gasteiger partial charge in [-0.3, -0.25) is 4.79 Å². The minimum Gasteiger partial charge on any atom is -0.493 e. The molecule has 1 aliphatic rings. The second-order valence-electron chi connectivity index (χ2n) is 5.27. The normalized spacial score (nSPS) is 17.5. The van der Waals surface area contributed by atoms with Crippen LogP contribution in [0.1, 0.15) is 17.0 Å². The minimum absolute atomic E-state index is 0.0152. The summed E-state index contributed by atoms with van der Waals surface area (Å²) in [6, 6.07) is 7.98. The average Bonchev–Trinajstić information content (AvgIpc) is 2.90. The number of rotatable bonds is 3. The van der Waals surface area contributed by atoms with Gasteiger partial charge in [-0.15, -0.1) is 11.3 Å². The van der Waals surface area contributed by atoms with Crippen LogP contribution in [-0.2, 0) is 17.8 Å². The fourth-order valence-corrected chi connectivity index (χ4v) is 3.29. The number of hydrogen-bond acceptors (Lipinski definition) is 4. The number of fused-ring (bicyclic) bond motifs is 1. The molecule has 0 spiro atoms. The maximum atomic E-state index is 12.6. The quantitative estimate of drug-likeness (QED) is 0.875. The first-order valence-electron chi connectivity index (χ1n) is 7.08. The van der Waals surface area contributed by atoms with Crippen LogP contribution in [0.5, 0.6) is 5.75 Å². The van der Waals surface area contributed by atoms with Gasteiger partial charge in [-0.1, -0.05) is 18.2 Å². The molecule has 1 unspecified atom stereocenters. The van der Waals surface area contributed by atoms with Crippen LogP contribution >= 0.6 is 11.3 Å². The number of ether oxygens (including phenoxy) is 1. The van der Waals surface area contributed by atoms with Crippen molar-refractivity contribution in [3.05, 3.63) is 46.4 Å². The SMILES string of the molecule is CN(Cc1nccs1)C(=O)C1CCOc2ccccc2C1. The molecular formula is C16H18N2O2S. The molecule has 1 aromatic carbocycles. The first-order chi connectivity index (χ1) is 10.2. The van der Waals surface area contributed by atoms with Crippen LogP contribution < -0.4 is 4.74 Å². The summed E-state index contributed by atoms with van der Waals surface area (Å²) in [5.41, 5.74) is 1.12. The summed E-state index contributed by atoms with van der Waals surface area (Å²) in [6.45, 7) is 1.17. The Morgan fingerprint density at radius 2 is 2.33 bits per heavy atom. The van der Waals surface area contributed by atoms with E-state index >= 15 is 0 Å². The molecular weight excluding hydrogens is 284 g/mol. The Balaban J connectivity index is 1.70. The number of carbonyl (C=O) groups is 1. The molecule has 1 amide bonds. The topological polar surface area (TPSA) is 42.4 Å². The van der Waals surface area contributed by atoms with Gasteiger partial charge in [0.25, 0.3) is 0 Å². The number of thiazole rings is 1. The zero-order valence-electron chi connectivity index (χ0n) is 12.0. The number of aromatic nitrogens is 1. The summed E-state index contributed by atoms with van der Waals surface area (Å²) in [4.78, 5) is 18.6. The lowest BCUT2D eigenvalue weighted by Gasteiger charge is -2.21. The summed E-state index contributed by atoms with van der Waals surface area (Å²) in [5.74, 6) is 1.07. The van der Waals surface area contributed by atoms with Gasteiger partial charge in [0.05, 0.1) is 13.2 Å². The first-order valence-corrected chi connectivity index (χ1v) is 7.96. The van der Waals surface area contributed by atoms with Crippen LogP contribution in [0.15, 0.2) is 35.8 Å². The molecule has 4 nitrogen and oxygen atoms in total. The Hall–Kier alpha value is -1.88. The third kappa shape index (κ3) is 3.24. The Morgan fingerprint density at radius 3 is 3.14 bits per heavy atom. The maximum absolute atomic E-state index is 12.6. The van der Waals surface area contributed by atoms with Gasteiger partial charge in [0.1, 0.15) is 10.8 Å². The standard InChI is InChI=1S/C16H18N2O2S/c1-18(11-15-17-7-9-21-15)16(19)13-6-8-20-14-5-3-2-4-12(14)10-13/h2-5,7,9,13H,6,8,10-11H2,1H3. The van der Waals surface area contributed by atoms with Gasteiger partial charge in [0.15, 0.2) is 0 Å². The molecule has 0 aliphatic carbocycles. The van der Waals surface area contributed by atoms with Crippen molar-refractivity contribution in [2.45, 2.75) is 19.4 Å². The van der Waals surface area contributed by atoms with Crippen molar-refractivity contribution in [3.8, 4) is 5.75 Å². The van der Waals surface area contributed by atoms with Crippen LogP contribution in [0.25, 0.3) is 0 Å². The summed E-state index contributed by atoms with van der Waals surface area (Å²) in [6.07, 6.45) is 3.28. The monoisotopic (exact) mass is 302 g/mol. The number of nitrogens with zero attached hydrogens (tertiary/aromatic N) is 2. The molecule has 1 aromatic heterocycles. The zero-order chi connectivity index (χ0) is 14.7. The lowest BCUT2D eigenvalue weighted by Crippen LogP contribution is -2.33. The van der Waals surface area contributed by atoms with Gasteiger partial charge in [0.2, 0.25) is 5.91 Å². The van der Waals surface area contributed by atoms with Gasteiger partial charge in [-0.2, -0.15) is 0 Å². The van der Waals surface area contributed by atoms with E-state index in [9.17, 15) is 4.79 Å². The summed E-state index contributed by atoms with van der Waals surface area (Å²) >= 11 is 1.58. The van der Waals surface area contributed by atoms with Crippen molar-refractivity contribution in [1.82, 2.24) is 9.88 Å². The number of para-hydroxylation sites is 1. The number of benzene rings is 1. The molecule has 0 radical (unpaired) electrons. The third-order valence-corrected chi connectivity index (χ3v) is 4.51.